The fraction of sp³-hybridized carbons (Fsp3) is 0.917. The third-order valence-corrected chi connectivity index (χ3v) is 3.47. The first-order chi connectivity index (χ1) is 7.40. The lowest BCUT2D eigenvalue weighted by atomic mass is 9.96. The Bertz CT molecular complexity index is 205. The first kappa shape index (κ1) is 15.8. The summed E-state index contributed by atoms with van der Waals surface area (Å²) < 4.78 is 4.93. The van der Waals surface area contributed by atoms with Gasteiger partial charge in [-0.3, -0.25) is 4.79 Å². The molecule has 0 saturated carbocycles. The molecule has 96 valence electrons. The van der Waals surface area contributed by atoms with E-state index in [1.807, 2.05) is 11.8 Å². The van der Waals surface area contributed by atoms with E-state index in [1.54, 1.807) is 13.8 Å². The topological polar surface area (TPSA) is 52.3 Å². The molecular weight excluding hydrogens is 222 g/mol. The smallest absolute Gasteiger partial charge is 0.325 e. The molecule has 16 heavy (non-hydrogen) atoms. The maximum absolute atomic E-state index is 11.5. The summed E-state index contributed by atoms with van der Waals surface area (Å²) in [4.78, 5) is 11.5. The zero-order valence-electron chi connectivity index (χ0n) is 10.9. The zero-order valence-corrected chi connectivity index (χ0v) is 11.7. The molecule has 1 unspecified atom stereocenters. The number of carbonyl (C=O) groups is 1. The number of rotatable bonds is 8. The van der Waals surface area contributed by atoms with E-state index < -0.39 is 5.54 Å². The maximum atomic E-state index is 11.5. The summed E-state index contributed by atoms with van der Waals surface area (Å²) in [6.45, 7) is 8.33. The van der Waals surface area contributed by atoms with Crippen LogP contribution in [0.25, 0.3) is 0 Å². The molecule has 0 fully saturated rings. The Kier molecular flexibility index (Phi) is 7.85. The van der Waals surface area contributed by atoms with E-state index in [1.165, 1.54) is 0 Å². The number of ether oxygens (including phenoxy) is 1. The Balaban J connectivity index is 3.69. The average molecular weight is 247 g/mol. The Hall–Kier alpha value is -0.220. The van der Waals surface area contributed by atoms with E-state index in [-0.39, 0.29) is 5.97 Å². The fourth-order valence-corrected chi connectivity index (χ4v) is 2.15. The minimum absolute atomic E-state index is 0.286. The van der Waals surface area contributed by atoms with Gasteiger partial charge in [0.15, 0.2) is 0 Å². The number of hydrogen-bond acceptors (Lipinski definition) is 4. The molecule has 0 bridgehead atoms. The molecule has 0 aliphatic carbocycles. The van der Waals surface area contributed by atoms with E-state index in [0.29, 0.717) is 18.3 Å². The second-order valence-corrected chi connectivity index (χ2v) is 6.20. The normalized spacial score (nSPS) is 14.9. The molecule has 0 aromatic heterocycles. The summed E-state index contributed by atoms with van der Waals surface area (Å²) in [5.41, 5.74) is 5.09. The highest BCUT2D eigenvalue weighted by Gasteiger charge is 2.28. The lowest BCUT2D eigenvalue weighted by molar-refractivity contribution is -0.149. The molecule has 0 aromatic carbocycles. The molecule has 0 saturated heterocycles. The number of carbonyl (C=O) groups excluding carboxylic acids is 1. The molecule has 0 aromatic rings. The van der Waals surface area contributed by atoms with Crippen molar-refractivity contribution in [2.45, 2.75) is 57.7 Å². The van der Waals surface area contributed by atoms with Crippen molar-refractivity contribution in [1.29, 1.82) is 0 Å². The molecule has 0 aliphatic heterocycles. The van der Waals surface area contributed by atoms with Crippen molar-refractivity contribution in [1.82, 2.24) is 0 Å². The third kappa shape index (κ3) is 7.12. The minimum Gasteiger partial charge on any atom is -0.465 e. The van der Waals surface area contributed by atoms with E-state index in [9.17, 15) is 4.79 Å². The first-order valence-corrected chi connectivity index (χ1v) is 7.02. The lowest BCUT2D eigenvalue weighted by Gasteiger charge is -2.21. The number of hydrogen-bond donors (Lipinski definition) is 1. The molecule has 3 nitrogen and oxygen atoms in total. The predicted molar refractivity (Wildman–Crippen MR) is 70.7 cm³/mol. The Morgan fingerprint density at radius 2 is 2.06 bits per heavy atom. The van der Waals surface area contributed by atoms with E-state index in [2.05, 4.69) is 13.8 Å². The number of esters is 1. The van der Waals surface area contributed by atoms with Gasteiger partial charge in [0.25, 0.3) is 0 Å². The van der Waals surface area contributed by atoms with Crippen LogP contribution in [0.5, 0.6) is 0 Å². The van der Waals surface area contributed by atoms with Crippen LogP contribution in [0.1, 0.15) is 47.0 Å². The van der Waals surface area contributed by atoms with Crippen LogP contribution in [0.3, 0.4) is 0 Å². The van der Waals surface area contributed by atoms with Crippen molar-refractivity contribution in [2.75, 3.05) is 12.4 Å². The van der Waals surface area contributed by atoms with Crippen LogP contribution in [-0.2, 0) is 9.53 Å². The van der Waals surface area contributed by atoms with Crippen LogP contribution in [0.15, 0.2) is 0 Å². The highest BCUT2D eigenvalue weighted by atomic mass is 32.2. The van der Waals surface area contributed by atoms with Crippen LogP contribution < -0.4 is 5.73 Å². The van der Waals surface area contributed by atoms with Gasteiger partial charge in [0.2, 0.25) is 0 Å². The van der Waals surface area contributed by atoms with Crippen molar-refractivity contribution >= 4 is 17.7 Å². The predicted octanol–water partition coefficient (Wildman–Crippen LogP) is 2.58. The van der Waals surface area contributed by atoms with Gasteiger partial charge in [-0.15, -0.1) is 0 Å². The van der Waals surface area contributed by atoms with Crippen LogP contribution >= 0.6 is 11.8 Å². The van der Waals surface area contributed by atoms with Gasteiger partial charge in [0.05, 0.1) is 6.61 Å². The van der Waals surface area contributed by atoms with Crippen LogP contribution in [0, 0.1) is 0 Å². The molecule has 0 spiro atoms. The molecule has 2 N–H and O–H groups in total. The van der Waals surface area contributed by atoms with Gasteiger partial charge in [-0.05, 0) is 37.7 Å². The van der Waals surface area contributed by atoms with Gasteiger partial charge in [0, 0.05) is 0 Å². The molecule has 0 aliphatic rings. The van der Waals surface area contributed by atoms with Gasteiger partial charge < -0.3 is 10.5 Å². The lowest BCUT2D eigenvalue weighted by Crippen LogP contribution is -2.46. The molecule has 4 heteroatoms. The molecule has 1 atom stereocenters. The minimum atomic E-state index is -0.821. The van der Waals surface area contributed by atoms with Crippen LogP contribution in [-0.4, -0.2) is 29.1 Å². The van der Waals surface area contributed by atoms with Gasteiger partial charge in [0.1, 0.15) is 5.54 Å². The van der Waals surface area contributed by atoms with Crippen molar-refractivity contribution in [3.8, 4) is 0 Å². The second kappa shape index (κ2) is 7.96. The largest absolute Gasteiger partial charge is 0.465 e. The molecule has 0 heterocycles. The quantitative estimate of drug-likeness (QED) is 0.529. The average Bonchev–Trinajstić information content (AvgIpc) is 2.17. The number of nitrogens with two attached hydrogens (primary N) is 1. The molecular formula is C12H25NO2S. The maximum Gasteiger partial charge on any atom is 0.325 e. The molecule has 0 radical (unpaired) electrons. The summed E-state index contributed by atoms with van der Waals surface area (Å²) in [6, 6.07) is 0. The Morgan fingerprint density at radius 3 is 2.56 bits per heavy atom. The number of unbranched alkanes of at least 4 members (excludes halogenated alkanes) is 1. The Labute approximate surface area is 103 Å². The van der Waals surface area contributed by atoms with Gasteiger partial charge >= 0.3 is 5.97 Å². The van der Waals surface area contributed by atoms with Crippen molar-refractivity contribution in [2.24, 2.45) is 5.73 Å². The highest BCUT2D eigenvalue weighted by Crippen LogP contribution is 2.16. The summed E-state index contributed by atoms with van der Waals surface area (Å²) in [7, 11) is 0. The number of thioether (sulfide) groups is 1. The summed E-state index contributed by atoms with van der Waals surface area (Å²) in [6.07, 6.45) is 2.78. The van der Waals surface area contributed by atoms with Crippen molar-refractivity contribution in [3.63, 3.8) is 0 Å². The standard InChI is InChI=1S/C12H25NO2S/c1-5-15-11(14)12(4,13)8-6-7-9-16-10(2)3/h10H,5-9,13H2,1-4H3. The third-order valence-electron chi connectivity index (χ3n) is 2.28. The molecule has 0 amide bonds. The van der Waals surface area contributed by atoms with Gasteiger partial charge in [-0.2, -0.15) is 11.8 Å². The second-order valence-electron chi connectivity index (χ2n) is 4.51. The van der Waals surface area contributed by atoms with E-state index >= 15 is 0 Å². The van der Waals surface area contributed by atoms with Crippen LogP contribution in [0.2, 0.25) is 0 Å². The first-order valence-electron chi connectivity index (χ1n) is 5.98. The fourth-order valence-electron chi connectivity index (χ4n) is 1.31. The van der Waals surface area contributed by atoms with Crippen LogP contribution in [0.4, 0.5) is 0 Å². The summed E-state index contributed by atoms with van der Waals surface area (Å²) >= 11 is 1.94. The van der Waals surface area contributed by atoms with E-state index in [0.717, 1.165) is 18.6 Å². The highest BCUT2D eigenvalue weighted by molar-refractivity contribution is 7.99. The Morgan fingerprint density at radius 1 is 1.44 bits per heavy atom. The van der Waals surface area contributed by atoms with E-state index in [4.69, 9.17) is 10.5 Å². The van der Waals surface area contributed by atoms with Gasteiger partial charge in [-0.1, -0.05) is 20.3 Å². The molecule has 0 rings (SSSR count). The summed E-state index contributed by atoms with van der Waals surface area (Å²) in [5.74, 6) is 0.850. The summed E-state index contributed by atoms with van der Waals surface area (Å²) in [5, 5.41) is 0.675. The van der Waals surface area contributed by atoms with Gasteiger partial charge in [-0.25, -0.2) is 0 Å². The zero-order chi connectivity index (χ0) is 12.6. The van der Waals surface area contributed by atoms with Crippen molar-refractivity contribution in [3.05, 3.63) is 0 Å². The van der Waals surface area contributed by atoms with Crippen molar-refractivity contribution < 1.29 is 9.53 Å². The monoisotopic (exact) mass is 247 g/mol. The SMILES string of the molecule is CCOC(=O)C(C)(N)CCCCSC(C)C.